The molecule has 0 saturated heterocycles. The molecular formula is C29H27NO4S2. The first-order chi connectivity index (χ1) is 17.4. The van der Waals surface area contributed by atoms with Crippen molar-refractivity contribution in [3.63, 3.8) is 0 Å². The first kappa shape index (κ1) is 25.7. The van der Waals surface area contributed by atoms with Crippen molar-refractivity contribution in [1.29, 1.82) is 0 Å². The van der Waals surface area contributed by atoms with Gasteiger partial charge in [-0.3, -0.25) is 9.35 Å². The van der Waals surface area contributed by atoms with Crippen LogP contribution in [0.15, 0.2) is 120 Å². The Balaban J connectivity index is 1.63. The molecule has 4 rings (SSSR count). The minimum absolute atomic E-state index is 0.123. The van der Waals surface area contributed by atoms with Crippen molar-refractivity contribution in [1.82, 2.24) is 5.32 Å². The molecule has 5 nitrogen and oxygen atoms in total. The van der Waals surface area contributed by atoms with Crippen LogP contribution in [0.4, 0.5) is 0 Å². The van der Waals surface area contributed by atoms with Crippen molar-refractivity contribution in [2.45, 2.75) is 16.1 Å². The fourth-order valence-electron chi connectivity index (χ4n) is 4.11. The number of rotatable bonds is 10. The summed E-state index contributed by atoms with van der Waals surface area (Å²) in [6.45, 7) is -0.126. The summed E-state index contributed by atoms with van der Waals surface area (Å²) in [6.07, 6.45) is 0.123. The van der Waals surface area contributed by atoms with Crippen LogP contribution in [0.1, 0.15) is 22.3 Å². The third kappa shape index (κ3) is 6.43. The van der Waals surface area contributed by atoms with E-state index in [-0.39, 0.29) is 18.9 Å². The van der Waals surface area contributed by atoms with Gasteiger partial charge in [-0.25, -0.2) is 0 Å². The second-order valence-corrected chi connectivity index (χ2v) is 11.2. The van der Waals surface area contributed by atoms with Crippen molar-refractivity contribution >= 4 is 27.8 Å². The highest BCUT2D eigenvalue weighted by atomic mass is 32.2. The Kier molecular flexibility index (Phi) is 8.25. The summed E-state index contributed by atoms with van der Waals surface area (Å²) < 4.78 is 30.0. The van der Waals surface area contributed by atoms with Gasteiger partial charge in [0.15, 0.2) is 0 Å². The summed E-state index contributed by atoms with van der Waals surface area (Å²) in [7, 11) is -4.10. The van der Waals surface area contributed by atoms with Gasteiger partial charge in [0, 0.05) is 11.4 Å². The van der Waals surface area contributed by atoms with Gasteiger partial charge in [-0.05, 0) is 34.4 Å². The molecule has 0 fully saturated rings. The van der Waals surface area contributed by atoms with E-state index in [1.54, 1.807) is 11.8 Å². The van der Waals surface area contributed by atoms with Crippen molar-refractivity contribution in [3.05, 3.63) is 138 Å². The first-order valence-corrected chi connectivity index (χ1v) is 14.0. The van der Waals surface area contributed by atoms with Crippen molar-refractivity contribution in [3.8, 4) is 0 Å². The Labute approximate surface area is 216 Å². The maximum absolute atomic E-state index is 12.2. The van der Waals surface area contributed by atoms with Gasteiger partial charge in [0.2, 0.25) is 5.91 Å². The van der Waals surface area contributed by atoms with Crippen molar-refractivity contribution in [2.24, 2.45) is 0 Å². The van der Waals surface area contributed by atoms with E-state index in [2.05, 4.69) is 78.1 Å². The molecule has 2 N–H and O–H groups in total. The predicted molar refractivity (Wildman–Crippen MR) is 145 cm³/mol. The molecule has 0 unspecified atom stereocenters. The van der Waals surface area contributed by atoms with Crippen LogP contribution in [-0.2, 0) is 26.1 Å². The SMILES string of the molecule is O=C(Cc1ccc(SC(c2ccccc2)(c2ccccc2)c2ccccc2)cc1)NCCS(=O)(=O)O. The molecule has 0 heterocycles. The van der Waals surface area contributed by atoms with Crippen LogP contribution >= 0.6 is 11.8 Å². The van der Waals surface area contributed by atoms with Gasteiger partial charge in [-0.2, -0.15) is 8.42 Å². The summed E-state index contributed by atoms with van der Waals surface area (Å²) in [4.78, 5) is 13.2. The molecular weight excluding hydrogens is 490 g/mol. The third-order valence-corrected chi connectivity index (χ3v) is 8.02. The van der Waals surface area contributed by atoms with Crippen LogP contribution in [0.25, 0.3) is 0 Å². The molecule has 0 aromatic heterocycles. The van der Waals surface area contributed by atoms with Gasteiger partial charge >= 0.3 is 0 Å². The molecule has 0 aliphatic heterocycles. The first-order valence-electron chi connectivity index (χ1n) is 11.5. The highest BCUT2D eigenvalue weighted by Crippen LogP contribution is 2.51. The molecule has 0 aliphatic rings. The van der Waals surface area contributed by atoms with Crippen LogP contribution in [0.5, 0.6) is 0 Å². The fraction of sp³-hybridized carbons (Fsp3) is 0.138. The molecule has 4 aromatic carbocycles. The Hall–Kier alpha value is -3.39. The van der Waals surface area contributed by atoms with Gasteiger partial charge in [0.05, 0.1) is 16.9 Å². The van der Waals surface area contributed by atoms with Crippen molar-refractivity contribution in [2.75, 3.05) is 12.3 Å². The van der Waals surface area contributed by atoms with Crippen molar-refractivity contribution < 1.29 is 17.8 Å². The molecule has 0 radical (unpaired) electrons. The monoisotopic (exact) mass is 517 g/mol. The number of nitrogens with one attached hydrogen (secondary N) is 1. The van der Waals surface area contributed by atoms with Gasteiger partial charge in [0.1, 0.15) is 0 Å². The lowest BCUT2D eigenvalue weighted by atomic mass is 9.84. The van der Waals surface area contributed by atoms with E-state index >= 15 is 0 Å². The van der Waals surface area contributed by atoms with Crippen LogP contribution in [0.2, 0.25) is 0 Å². The fourth-order valence-corrected chi connectivity index (χ4v) is 5.86. The molecule has 4 aromatic rings. The predicted octanol–water partition coefficient (Wildman–Crippen LogP) is 5.32. The number of thioether (sulfide) groups is 1. The smallest absolute Gasteiger partial charge is 0.266 e. The Morgan fingerprint density at radius 2 is 1.17 bits per heavy atom. The summed E-state index contributed by atoms with van der Waals surface area (Å²) in [6, 6.07) is 39.1. The lowest BCUT2D eigenvalue weighted by Crippen LogP contribution is -2.30. The molecule has 184 valence electrons. The molecule has 0 aliphatic carbocycles. The van der Waals surface area contributed by atoms with Crippen LogP contribution < -0.4 is 5.32 Å². The number of hydrogen-bond acceptors (Lipinski definition) is 4. The molecule has 0 spiro atoms. The van der Waals surface area contributed by atoms with E-state index in [1.807, 2.05) is 42.5 Å². The molecule has 0 atom stereocenters. The number of carbonyl (C=O) groups excluding carboxylic acids is 1. The third-order valence-electron chi connectivity index (χ3n) is 5.78. The van der Waals surface area contributed by atoms with E-state index in [1.165, 1.54) is 0 Å². The normalized spacial score (nSPS) is 11.7. The van der Waals surface area contributed by atoms with E-state index in [0.717, 1.165) is 27.1 Å². The zero-order valence-electron chi connectivity index (χ0n) is 19.6. The Morgan fingerprint density at radius 3 is 1.58 bits per heavy atom. The minimum atomic E-state index is -4.10. The number of benzene rings is 4. The lowest BCUT2D eigenvalue weighted by Gasteiger charge is -2.35. The maximum atomic E-state index is 12.2. The second-order valence-electron chi connectivity index (χ2n) is 8.34. The van der Waals surface area contributed by atoms with E-state index in [4.69, 9.17) is 4.55 Å². The molecule has 1 amide bonds. The zero-order valence-corrected chi connectivity index (χ0v) is 21.2. The summed E-state index contributed by atoms with van der Waals surface area (Å²) in [5.74, 6) is -0.805. The van der Waals surface area contributed by atoms with E-state index < -0.39 is 20.6 Å². The van der Waals surface area contributed by atoms with E-state index in [9.17, 15) is 13.2 Å². The standard InChI is InChI=1S/C29H27NO4S2/c31-28(30-20-21-36(32,33)34)22-23-16-18-27(19-17-23)35-29(24-10-4-1-5-11-24,25-12-6-2-7-13-25)26-14-8-3-9-15-26/h1-19H,20-22H2,(H,30,31)(H,32,33,34). The number of amides is 1. The second kappa shape index (κ2) is 11.6. The van der Waals surface area contributed by atoms with Gasteiger partial charge in [0.25, 0.3) is 10.1 Å². The van der Waals surface area contributed by atoms with Crippen LogP contribution in [0.3, 0.4) is 0 Å². The van der Waals surface area contributed by atoms with Gasteiger partial charge in [-0.15, -0.1) is 11.8 Å². The van der Waals surface area contributed by atoms with Gasteiger partial charge in [-0.1, -0.05) is 103 Å². The summed E-state index contributed by atoms with van der Waals surface area (Å²) in [5, 5.41) is 2.52. The highest BCUT2D eigenvalue weighted by Gasteiger charge is 2.37. The number of carbonyl (C=O) groups is 1. The molecule has 0 saturated carbocycles. The lowest BCUT2D eigenvalue weighted by molar-refractivity contribution is -0.120. The zero-order chi connectivity index (χ0) is 25.4. The average Bonchev–Trinajstić information content (AvgIpc) is 2.89. The van der Waals surface area contributed by atoms with Gasteiger partial charge < -0.3 is 5.32 Å². The topological polar surface area (TPSA) is 83.5 Å². The Morgan fingerprint density at radius 1 is 0.722 bits per heavy atom. The van der Waals surface area contributed by atoms with Crippen LogP contribution in [0, 0.1) is 0 Å². The highest BCUT2D eigenvalue weighted by molar-refractivity contribution is 8.00. The molecule has 36 heavy (non-hydrogen) atoms. The van der Waals surface area contributed by atoms with Crippen LogP contribution in [-0.4, -0.2) is 31.2 Å². The Bertz CT molecular complexity index is 1280. The minimum Gasteiger partial charge on any atom is -0.355 e. The largest absolute Gasteiger partial charge is 0.355 e. The van der Waals surface area contributed by atoms with E-state index in [0.29, 0.717) is 0 Å². The number of hydrogen-bond donors (Lipinski definition) is 2. The summed E-state index contributed by atoms with van der Waals surface area (Å²) in [5.41, 5.74) is 4.30. The molecule has 7 heteroatoms. The summed E-state index contributed by atoms with van der Waals surface area (Å²) >= 11 is 1.74. The maximum Gasteiger partial charge on any atom is 0.266 e. The quantitative estimate of drug-likeness (QED) is 0.169. The molecule has 0 bridgehead atoms. The average molecular weight is 518 g/mol.